The van der Waals surface area contributed by atoms with Crippen molar-refractivity contribution in [3.05, 3.63) is 45.4 Å². The van der Waals surface area contributed by atoms with Crippen LogP contribution in [0.2, 0.25) is 5.02 Å². The molecule has 1 saturated carbocycles. The zero-order chi connectivity index (χ0) is 16.9. The second-order valence-corrected chi connectivity index (χ2v) is 7.32. The number of aromatic nitrogens is 1. The van der Waals surface area contributed by atoms with Gasteiger partial charge in [-0.15, -0.1) is 11.3 Å². The van der Waals surface area contributed by atoms with Gasteiger partial charge < -0.3 is 10.1 Å². The number of rotatable bonds is 5. The average Bonchev–Trinajstić information content (AvgIpc) is 3.08. The zero-order valence-electron chi connectivity index (χ0n) is 13.6. The van der Waals surface area contributed by atoms with Crippen LogP contribution >= 0.6 is 22.9 Å². The number of hydrogen-bond acceptors (Lipinski definition) is 5. The van der Waals surface area contributed by atoms with Gasteiger partial charge in [0.1, 0.15) is 0 Å². The molecule has 24 heavy (non-hydrogen) atoms. The van der Waals surface area contributed by atoms with Crippen molar-refractivity contribution in [1.82, 2.24) is 4.98 Å². The van der Waals surface area contributed by atoms with Gasteiger partial charge in [0.2, 0.25) is 0 Å². The molecule has 0 bridgehead atoms. The van der Waals surface area contributed by atoms with Gasteiger partial charge in [0.15, 0.2) is 5.69 Å². The minimum atomic E-state index is -0.321. The van der Waals surface area contributed by atoms with Gasteiger partial charge in [0, 0.05) is 28.0 Å². The van der Waals surface area contributed by atoms with Crippen LogP contribution in [0.4, 0.5) is 5.69 Å². The molecular formula is C18H21ClN2O2S. The molecule has 1 aliphatic carbocycles. The second kappa shape index (κ2) is 7.99. The molecule has 6 heteroatoms. The number of halogens is 1. The Morgan fingerprint density at radius 1 is 1.29 bits per heavy atom. The molecule has 0 aliphatic heterocycles. The molecule has 0 amide bonds. The zero-order valence-corrected chi connectivity index (χ0v) is 15.2. The molecular weight excluding hydrogens is 344 g/mol. The van der Waals surface area contributed by atoms with Crippen LogP contribution in [-0.2, 0) is 4.74 Å². The topological polar surface area (TPSA) is 51.2 Å². The number of thiazole rings is 1. The van der Waals surface area contributed by atoms with E-state index in [-0.39, 0.29) is 5.97 Å². The number of anilines is 1. The number of nitrogens with zero attached hydrogens (tertiary/aromatic N) is 1. The standard InChI is InChI=1S/C18H21ClN2O2S/c1-2-23-18(22)16-11-24-17(21-16)12-3-7-14(8-4-12)20-15-9-5-13(19)6-10-15/h5-6,9-12,14,20H,2-4,7-8H2,1H3. The number of hydrogen-bond donors (Lipinski definition) is 1. The Balaban J connectivity index is 1.53. The number of esters is 1. The van der Waals surface area contributed by atoms with Crippen LogP contribution in [0, 0.1) is 0 Å². The van der Waals surface area contributed by atoms with Gasteiger partial charge in [0.05, 0.1) is 11.6 Å². The summed E-state index contributed by atoms with van der Waals surface area (Å²) in [5.41, 5.74) is 1.56. The molecule has 0 saturated heterocycles. The Labute approximate surface area is 151 Å². The third-order valence-corrected chi connectivity index (χ3v) is 5.56. The molecule has 0 unspecified atom stereocenters. The van der Waals surface area contributed by atoms with Gasteiger partial charge in [-0.3, -0.25) is 0 Å². The molecule has 0 atom stereocenters. The lowest BCUT2D eigenvalue weighted by Crippen LogP contribution is -2.25. The van der Waals surface area contributed by atoms with Crippen LogP contribution in [0.15, 0.2) is 29.6 Å². The lowest BCUT2D eigenvalue weighted by atomic mass is 9.86. The molecule has 1 heterocycles. The third kappa shape index (κ3) is 4.28. The first-order valence-corrected chi connectivity index (χ1v) is 9.56. The van der Waals surface area contributed by atoms with Gasteiger partial charge in [-0.25, -0.2) is 9.78 Å². The summed E-state index contributed by atoms with van der Waals surface area (Å²) in [6, 6.07) is 8.32. The summed E-state index contributed by atoms with van der Waals surface area (Å²) < 4.78 is 5.01. The van der Waals surface area contributed by atoms with Crippen LogP contribution < -0.4 is 5.32 Å². The molecule has 128 valence electrons. The highest BCUT2D eigenvalue weighted by Gasteiger charge is 2.25. The fourth-order valence-electron chi connectivity index (χ4n) is 3.04. The lowest BCUT2D eigenvalue weighted by molar-refractivity contribution is 0.0520. The van der Waals surface area contributed by atoms with Gasteiger partial charge in [0.25, 0.3) is 0 Å². The van der Waals surface area contributed by atoms with E-state index in [1.807, 2.05) is 29.6 Å². The largest absolute Gasteiger partial charge is 0.461 e. The van der Waals surface area contributed by atoms with E-state index < -0.39 is 0 Å². The highest BCUT2D eigenvalue weighted by Crippen LogP contribution is 2.35. The third-order valence-electron chi connectivity index (χ3n) is 4.30. The monoisotopic (exact) mass is 364 g/mol. The van der Waals surface area contributed by atoms with Crippen molar-refractivity contribution in [2.75, 3.05) is 11.9 Å². The average molecular weight is 365 g/mol. The summed E-state index contributed by atoms with van der Waals surface area (Å²) in [5.74, 6) is 0.125. The van der Waals surface area contributed by atoms with Crippen LogP contribution in [-0.4, -0.2) is 23.6 Å². The summed E-state index contributed by atoms with van der Waals surface area (Å²) >= 11 is 7.49. The van der Waals surface area contributed by atoms with Crippen molar-refractivity contribution in [3.8, 4) is 0 Å². The Kier molecular flexibility index (Phi) is 5.74. The normalized spacial score (nSPS) is 20.6. The SMILES string of the molecule is CCOC(=O)c1csc(C2CCC(Nc3ccc(Cl)cc3)CC2)n1. The Bertz CT molecular complexity index is 679. The van der Waals surface area contributed by atoms with E-state index in [0.717, 1.165) is 41.4 Å². The maximum absolute atomic E-state index is 11.7. The fourth-order valence-corrected chi connectivity index (χ4v) is 4.13. The number of benzene rings is 1. The summed E-state index contributed by atoms with van der Waals surface area (Å²) in [5, 5.41) is 7.19. The van der Waals surface area contributed by atoms with E-state index in [0.29, 0.717) is 24.3 Å². The summed E-state index contributed by atoms with van der Waals surface area (Å²) in [4.78, 5) is 16.2. The van der Waals surface area contributed by atoms with Crippen molar-refractivity contribution in [3.63, 3.8) is 0 Å². The molecule has 1 aromatic carbocycles. The number of carbonyl (C=O) groups excluding carboxylic acids is 1. The van der Waals surface area contributed by atoms with Gasteiger partial charge in [-0.1, -0.05) is 11.6 Å². The predicted molar refractivity (Wildman–Crippen MR) is 98.1 cm³/mol. The van der Waals surface area contributed by atoms with E-state index in [1.54, 1.807) is 18.3 Å². The van der Waals surface area contributed by atoms with Crippen LogP contribution in [0.25, 0.3) is 0 Å². The first-order chi connectivity index (χ1) is 11.7. The molecule has 1 fully saturated rings. The second-order valence-electron chi connectivity index (χ2n) is 5.99. The molecule has 0 spiro atoms. The number of carbonyl (C=O) groups is 1. The Morgan fingerprint density at radius 2 is 2.00 bits per heavy atom. The van der Waals surface area contributed by atoms with Crippen LogP contribution in [0.5, 0.6) is 0 Å². The smallest absolute Gasteiger partial charge is 0.357 e. The number of ether oxygens (including phenoxy) is 1. The Hall–Kier alpha value is -1.59. The van der Waals surface area contributed by atoms with Crippen molar-refractivity contribution in [1.29, 1.82) is 0 Å². The predicted octanol–water partition coefficient (Wildman–Crippen LogP) is 5.11. The fraction of sp³-hybridized carbons (Fsp3) is 0.444. The maximum atomic E-state index is 11.7. The van der Waals surface area contributed by atoms with Crippen molar-refractivity contribution >= 4 is 34.6 Å². The molecule has 1 aliphatic rings. The molecule has 4 nitrogen and oxygen atoms in total. The van der Waals surface area contributed by atoms with Crippen molar-refractivity contribution in [2.45, 2.75) is 44.6 Å². The summed E-state index contributed by atoms with van der Waals surface area (Å²) in [7, 11) is 0. The number of nitrogens with one attached hydrogen (secondary N) is 1. The minimum Gasteiger partial charge on any atom is -0.461 e. The van der Waals surface area contributed by atoms with Crippen LogP contribution in [0.3, 0.4) is 0 Å². The first kappa shape index (κ1) is 17.2. The van der Waals surface area contributed by atoms with E-state index in [9.17, 15) is 4.79 Å². The van der Waals surface area contributed by atoms with Crippen molar-refractivity contribution < 1.29 is 9.53 Å². The van der Waals surface area contributed by atoms with E-state index in [2.05, 4.69) is 10.3 Å². The lowest BCUT2D eigenvalue weighted by Gasteiger charge is -2.28. The summed E-state index contributed by atoms with van der Waals surface area (Å²) in [6.45, 7) is 2.19. The van der Waals surface area contributed by atoms with Gasteiger partial charge >= 0.3 is 5.97 Å². The van der Waals surface area contributed by atoms with Crippen molar-refractivity contribution in [2.24, 2.45) is 0 Å². The van der Waals surface area contributed by atoms with Crippen LogP contribution in [0.1, 0.15) is 54.0 Å². The maximum Gasteiger partial charge on any atom is 0.357 e. The highest BCUT2D eigenvalue weighted by atomic mass is 35.5. The molecule has 2 aromatic rings. The van der Waals surface area contributed by atoms with E-state index >= 15 is 0 Å². The van der Waals surface area contributed by atoms with E-state index in [4.69, 9.17) is 16.3 Å². The summed E-state index contributed by atoms with van der Waals surface area (Å²) in [6.07, 6.45) is 4.37. The van der Waals surface area contributed by atoms with Gasteiger partial charge in [-0.05, 0) is 56.9 Å². The minimum absolute atomic E-state index is 0.321. The molecule has 1 N–H and O–H groups in total. The highest BCUT2D eigenvalue weighted by molar-refractivity contribution is 7.09. The Morgan fingerprint density at radius 3 is 2.67 bits per heavy atom. The molecule has 1 aromatic heterocycles. The van der Waals surface area contributed by atoms with E-state index in [1.165, 1.54) is 0 Å². The quantitative estimate of drug-likeness (QED) is 0.749. The molecule has 3 rings (SSSR count). The van der Waals surface area contributed by atoms with Gasteiger partial charge in [-0.2, -0.15) is 0 Å². The first-order valence-electron chi connectivity index (χ1n) is 8.30. The molecule has 0 radical (unpaired) electrons.